The number of fused-ring (bicyclic) bond motifs is 4. The number of hydrogen-bond acceptors (Lipinski definition) is 4. The van der Waals surface area contributed by atoms with Crippen LogP contribution in [0.3, 0.4) is 0 Å². The Balaban J connectivity index is 0.00000176. The Labute approximate surface area is 137 Å². The van der Waals surface area contributed by atoms with Crippen LogP contribution in [0.1, 0.15) is 25.0 Å². The second-order valence-corrected chi connectivity index (χ2v) is 8.67. The van der Waals surface area contributed by atoms with Crippen LogP contribution in [0, 0.1) is 5.92 Å². The normalized spacial score (nSPS) is 24.4. The predicted molar refractivity (Wildman–Crippen MR) is 89.6 cm³/mol. The molecule has 2 aliphatic heterocycles. The van der Waals surface area contributed by atoms with Crippen molar-refractivity contribution in [1.82, 2.24) is 9.47 Å². The average molecular weight is 347 g/mol. The van der Waals surface area contributed by atoms with E-state index in [1.165, 1.54) is 0 Å². The fourth-order valence-corrected chi connectivity index (χ4v) is 4.42. The summed E-state index contributed by atoms with van der Waals surface area (Å²) < 4.78 is 25.2. The Morgan fingerprint density at radius 3 is 2.73 bits per heavy atom. The van der Waals surface area contributed by atoms with E-state index in [-0.39, 0.29) is 29.5 Å². The van der Waals surface area contributed by atoms with E-state index in [9.17, 15) is 13.2 Å². The minimum absolute atomic E-state index is 0. The SMILES string of the molecule is CCS(=O)(=O)CCN1C[C@@H]2C[C@H](C1)c1cccc(=O)n1C2.Cl. The average Bonchev–Trinajstić information content (AvgIpc) is 2.46. The molecule has 0 amide bonds. The second-order valence-electron chi connectivity index (χ2n) is 6.19. The van der Waals surface area contributed by atoms with E-state index in [1.807, 2.05) is 16.7 Å². The molecule has 0 unspecified atom stereocenters. The van der Waals surface area contributed by atoms with E-state index in [4.69, 9.17) is 0 Å². The van der Waals surface area contributed by atoms with Crippen molar-refractivity contribution in [1.29, 1.82) is 0 Å². The third-order valence-electron chi connectivity index (χ3n) is 4.71. The third kappa shape index (κ3) is 3.55. The molecule has 124 valence electrons. The molecule has 0 saturated carbocycles. The molecule has 0 N–H and O–H groups in total. The van der Waals surface area contributed by atoms with Gasteiger partial charge in [0.2, 0.25) is 0 Å². The number of likely N-dealkylation sites (tertiary alicyclic amines) is 1. The van der Waals surface area contributed by atoms with Crippen LogP contribution in [0.25, 0.3) is 0 Å². The van der Waals surface area contributed by atoms with Crippen LogP contribution in [0.15, 0.2) is 23.0 Å². The molecule has 2 atom stereocenters. The van der Waals surface area contributed by atoms with Crippen molar-refractivity contribution < 1.29 is 8.42 Å². The number of piperidine rings is 1. The van der Waals surface area contributed by atoms with Gasteiger partial charge in [0.25, 0.3) is 5.56 Å². The summed E-state index contributed by atoms with van der Waals surface area (Å²) in [5.74, 6) is 1.27. The molecule has 0 aromatic carbocycles. The molecule has 1 fully saturated rings. The first-order chi connectivity index (χ1) is 9.98. The van der Waals surface area contributed by atoms with Crippen LogP contribution >= 0.6 is 12.4 Å². The minimum atomic E-state index is -2.91. The monoisotopic (exact) mass is 346 g/mol. The molecule has 0 spiro atoms. The van der Waals surface area contributed by atoms with Gasteiger partial charge in [-0.2, -0.15) is 0 Å². The summed E-state index contributed by atoms with van der Waals surface area (Å²) in [6.07, 6.45) is 1.11. The second kappa shape index (κ2) is 6.72. The van der Waals surface area contributed by atoms with Gasteiger partial charge in [-0.15, -0.1) is 12.4 Å². The van der Waals surface area contributed by atoms with Crippen molar-refractivity contribution in [2.45, 2.75) is 25.8 Å². The van der Waals surface area contributed by atoms with Gasteiger partial charge >= 0.3 is 0 Å². The maximum atomic E-state index is 11.9. The minimum Gasteiger partial charge on any atom is -0.312 e. The van der Waals surface area contributed by atoms with Crippen molar-refractivity contribution >= 4 is 22.2 Å². The molecular formula is C15H23ClN2O3S. The van der Waals surface area contributed by atoms with Gasteiger partial charge in [0.05, 0.1) is 5.75 Å². The lowest BCUT2D eigenvalue weighted by Gasteiger charge is -2.42. The summed E-state index contributed by atoms with van der Waals surface area (Å²) in [6.45, 7) is 4.83. The number of nitrogens with zero attached hydrogens (tertiary/aromatic N) is 2. The number of rotatable bonds is 4. The summed E-state index contributed by atoms with van der Waals surface area (Å²) in [5, 5.41) is 0. The number of hydrogen-bond donors (Lipinski definition) is 0. The topological polar surface area (TPSA) is 59.4 Å². The smallest absolute Gasteiger partial charge is 0.250 e. The van der Waals surface area contributed by atoms with Crippen molar-refractivity contribution in [3.8, 4) is 0 Å². The van der Waals surface area contributed by atoms with E-state index in [1.54, 1.807) is 13.0 Å². The fraction of sp³-hybridized carbons (Fsp3) is 0.667. The summed E-state index contributed by atoms with van der Waals surface area (Å²) in [4.78, 5) is 14.2. The van der Waals surface area contributed by atoms with Gasteiger partial charge in [-0.05, 0) is 18.4 Å². The van der Waals surface area contributed by atoms with E-state index in [2.05, 4.69) is 4.90 Å². The van der Waals surface area contributed by atoms with Crippen molar-refractivity contribution in [2.24, 2.45) is 5.92 Å². The van der Waals surface area contributed by atoms with Gasteiger partial charge in [0.15, 0.2) is 9.84 Å². The third-order valence-corrected chi connectivity index (χ3v) is 6.40. The van der Waals surface area contributed by atoms with Gasteiger partial charge in [0, 0.05) is 49.6 Å². The quantitative estimate of drug-likeness (QED) is 0.820. The molecule has 22 heavy (non-hydrogen) atoms. The molecule has 3 rings (SSSR count). The lowest BCUT2D eigenvalue weighted by atomic mass is 9.83. The number of pyridine rings is 1. The summed E-state index contributed by atoms with van der Waals surface area (Å²) in [7, 11) is -2.91. The van der Waals surface area contributed by atoms with Crippen molar-refractivity contribution in [3.63, 3.8) is 0 Å². The van der Waals surface area contributed by atoms with Crippen LogP contribution in [-0.2, 0) is 16.4 Å². The number of sulfone groups is 1. The van der Waals surface area contributed by atoms with Gasteiger partial charge in [0.1, 0.15) is 0 Å². The molecule has 1 saturated heterocycles. The zero-order chi connectivity index (χ0) is 15.0. The molecule has 1 aromatic heterocycles. The Hall–Kier alpha value is -0.850. The Kier molecular flexibility index (Phi) is 5.35. The van der Waals surface area contributed by atoms with Crippen LogP contribution in [-0.4, -0.2) is 49.0 Å². The largest absolute Gasteiger partial charge is 0.312 e. The molecule has 7 heteroatoms. The Morgan fingerprint density at radius 1 is 1.23 bits per heavy atom. The van der Waals surface area contributed by atoms with Gasteiger partial charge < -0.3 is 9.47 Å². The maximum Gasteiger partial charge on any atom is 0.250 e. The number of aromatic nitrogens is 1. The van der Waals surface area contributed by atoms with E-state index in [0.29, 0.717) is 18.4 Å². The molecule has 2 bridgehead atoms. The standard InChI is InChI=1S/C15H22N2O3S.ClH/c1-2-21(19,20)7-6-16-9-12-8-13(11-16)14-4-3-5-15(18)17(14)10-12;/h3-5,12-13H,2,6-11H2,1H3;1H/t12-,13+;/m0./s1. The van der Waals surface area contributed by atoms with Gasteiger partial charge in [-0.3, -0.25) is 4.79 Å². The predicted octanol–water partition coefficient (Wildman–Crippen LogP) is 1.12. The first kappa shape index (κ1) is 17.5. The van der Waals surface area contributed by atoms with Crippen molar-refractivity contribution in [3.05, 3.63) is 34.2 Å². The van der Waals surface area contributed by atoms with Gasteiger partial charge in [-0.1, -0.05) is 13.0 Å². The molecular weight excluding hydrogens is 324 g/mol. The summed E-state index contributed by atoms with van der Waals surface area (Å²) >= 11 is 0. The summed E-state index contributed by atoms with van der Waals surface area (Å²) in [6, 6.07) is 5.49. The fourth-order valence-electron chi connectivity index (χ4n) is 3.59. The highest BCUT2D eigenvalue weighted by Crippen LogP contribution is 2.34. The Bertz CT molecular complexity index is 686. The van der Waals surface area contributed by atoms with Crippen LogP contribution in [0.2, 0.25) is 0 Å². The van der Waals surface area contributed by atoms with Gasteiger partial charge in [-0.25, -0.2) is 8.42 Å². The molecule has 1 aromatic rings. The highest BCUT2D eigenvalue weighted by molar-refractivity contribution is 7.91. The number of halogens is 1. The van der Waals surface area contributed by atoms with E-state index in [0.717, 1.165) is 31.7 Å². The van der Waals surface area contributed by atoms with Crippen LogP contribution < -0.4 is 5.56 Å². The Morgan fingerprint density at radius 2 is 2.00 bits per heavy atom. The van der Waals surface area contributed by atoms with E-state index < -0.39 is 9.84 Å². The van der Waals surface area contributed by atoms with Crippen LogP contribution in [0.4, 0.5) is 0 Å². The molecule has 5 nitrogen and oxygen atoms in total. The zero-order valence-corrected chi connectivity index (χ0v) is 14.4. The summed E-state index contributed by atoms with van der Waals surface area (Å²) in [5.41, 5.74) is 1.20. The lowest BCUT2D eigenvalue weighted by Crippen LogP contribution is -2.48. The first-order valence-electron chi connectivity index (χ1n) is 7.61. The van der Waals surface area contributed by atoms with E-state index >= 15 is 0 Å². The first-order valence-corrected chi connectivity index (χ1v) is 9.43. The lowest BCUT2D eigenvalue weighted by molar-refractivity contribution is 0.126. The molecule has 3 heterocycles. The maximum absolute atomic E-state index is 11.9. The molecule has 0 aliphatic carbocycles. The highest BCUT2D eigenvalue weighted by atomic mass is 35.5. The van der Waals surface area contributed by atoms with Crippen molar-refractivity contribution in [2.75, 3.05) is 31.1 Å². The molecule has 0 radical (unpaired) electrons. The van der Waals surface area contributed by atoms with Crippen LogP contribution in [0.5, 0.6) is 0 Å². The highest BCUT2D eigenvalue weighted by Gasteiger charge is 2.34. The zero-order valence-electron chi connectivity index (χ0n) is 12.8. The molecule has 2 aliphatic rings.